The molecule has 3 aromatic rings. The van der Waals surface area contributed by atoms with Crippen LogP contribution in [0.4, 0.5) is 24.5 Å². The van der Waals surface area contributed by atoms with Crippen LogP contribution >= 0.6 is 0 Å². The molecule has 0 aliphatic carbocycles. The summed E-state index contributed by atoms with van der Waals surface area (Å²) in [6, 6.07) is 17.9. The van der Waals surface area contributed by atoms with Crippen LogP contribution in [-0.2, 0) is 11.0 Å². The van der Waals surface area contributed by atoms with E-state index in [1.165, 1.54) is 19.1 Å². The van der Waals surface area contributed by atoms with Crippen LogP contribution in [0.25, 0.3) is 11.1 Å². The first-order valence-corrected chi connectivity index (χ1v) is 12.1. The zero-order chi connectivity index (χ0) is 28.2. The van der Waals surface area contributed by atoms with Gasteiger partial charge in [-0.05, 0) is 60.5 Å². The van der Waals surface area contributed by atoms with Crippen LogP contribution in [0.2, 0.25) is 0 Å². The molecule has 1 atom stereocenters. The van der Waals surface area contributed by atoms with Crippen molar-refractivity contribution >= 4 is 17.3 Å². The van der Waals surface area contributed by atoms with E-state index in [1.54, 1.807) is 12.3 Å². The van der Waals surface area contributed by atoms with Gasteiger partial charge in [-0.25, -0.2) is 4.98 Å². The van der Waals surface area contributed by atoms with Gasteiger partial charge in [0.1, 0.15) is 11.8 Å². The molecule has 8 nitrogen and oxygen atoms in total. The Hall–Kier alpha value is -4.45. The van der Waals surface area contributed by atoms with E-state index < -0.39 is 28.8 Å². The van der Waals surface area contributed by atoms with Gasteiger partial charge in [0.2, 0.25) is 0 Å². The van der Waals surface area contributed by atoms with Crippen LogP contribution in [-0.4, -0.2) is 59.2 Å². The van der Waals surface area contributed by atoms with Gasteiger partial charge in [0.15, 0.2) is 5.60 Å². The first-order valence-electron chi connectivity index (χ1n) is 12.1. The minimum Gasteiger partial charge on any atom is -0.379 e. The fourth-order valence-electron chi connectivity index (χ4n) is 4.43. The number of carbonyl (C=O) groups is 1. The summed E-state index contributed by atoms with van der Waals surface area (Å²) in [5.74, 6) is -0.839. The highest BCUT2D eigenvalue weighted by Crippen LogP contribution is 2.34. The third-order valence-electron chi connectivity index (χ3n) is 6.54. The van der Waals surface area contributed by atoms with Crippen molar-refractivity contribution in [2.45, 2.75) is 18.7 Å². The standard InChI is InChI=1S/C28H25F3N6O2/c1-27(39,26(38)35-22-5-2-21(16-32)25(15-22)28(29,30)31)18-36-10-12-37(13-11-36)24-6-3-19(4-7-24)20-8-9-34-23(14-20)17-33/h2-9,14-15,39H,10-13,18H2,1H3,(H,35,38). The number of amides is 1. The molecule has 1 fully saturated rings. The van der Waals surface area contributed by atoms with Crippen LogP contribution in [0.1, 0.15) is 23.7 Å². The second-order valence-corrected chi connectivity index (χ2v) is 9.45. The first kappa shape index (κ1) is 27.6. The van der Waals surface area contributed by atoms with Crippen LogP contribution < -0.4 is 10.2 Å². The van der Waals surface area contributed by atoms with E-state index in [-0.39, 0.29) is 12.2 Å². The van der Waals surface area contributed by atoms with Crippen molar-refractivity contribution in [1.82, 2.24) is 9.88 Å². The number of β-amino-alcohol motifs (C(OH)–C–C–N with tert-alkyl or cyclic N) is 1. The number of aliphatic hydroxyl groups is 1. The number of nitrogens with zero attached hydrogens (tertiary/aromatic N) is 5. The highest BCUT2D eigenvalue weighted by Gasteiger charge is 2.36. The molecule has 0 bridgehead atoms. The van der Waals surface area contributed by atoms with Crippen LogP contribution in [0.3, 0.4) is 0 Å². The lowest BCUT2D eigenvalue weighted by molar-refractivity contribution is -0.138. The Kier molecular flexibility index (Phi) is 7.86. The van der Waals surface area contributed by atoms with Gasteiger partial charge < -0.3 is 15.3 Å². The predicted octanol–water partition coefficient (Wildman–Crippen LogP) is 4.02. The molecule has 4 rings (SSSR count). The highest BCUT2D eigenvalue weighted by molar-refractivity contribution is 5.97. The summed E-state index contributed by atoms with van der Waals surface area (Å²) in [7, 11) is 0. The number of rotatable bonds is 6. The van der Waals surface area contributed by atoms with Crippen molar-refractivity contribution in [3.63, 3.8) is 0 Å². The van der Waals surface area contributed by atoms with Crippen molar-refractivity contribution in [2.75, 3.05) is 42.9 Å². The summed E-state index contributed by atoms with van der Waals surface area (Å²) in [4.78, 5) is 20.8. The number of benzene rings is 2. The lowest BCUT2D eigenvalue weighted by Crippen LogP contribution is -2.54. The topological polar surface area (TPSA) is 116 Å². The lowest BCUT2D eigenvalue weighted by atomic mass is 10.0. The zero-order valence-corrected chi connectivity index (χ0v) is 21.0. The van der Waals surface area contributed by atoms with Crippen LogP contribution in [0, 0.1) is 22.7 Å². The minimum atomic E-state index is -4.76. The number of alkyl halides is 3. The van der Waals surface area contributed by atoms with E-state index in [9.17, 15) is 23.1 Å². The summed E-state index contributed by atoms with van der Waals surface area (Å²) in [6.45, 7) is 3.74. The van der Waals surface area contributed by atoms with Crippen LogP contribution in [0.15, 0.2) is 60.8 Å². The first-order chi connectivity index (χ1) is 18.5. The number of hydrogen-bond donors (Lipinski definition) is 2. The number of anilines is 2. The van der Waals surface area contributed by atoms with Crippen molar-refractivity contribution in [1.29, 1.82) is 10.5 Å². The average Bonchev–Trinajstić information content (AvgIpc) is 2.93. The zero-order valence-electron chi connectivity index (χ0n) is 21.0. The number of pyridine rings is 1. The Morgan fingerprint density at radius 2 is 1.69 bits per heavy atom. The Morgan fingerprint density at radius 3 is 2.31 bits per heavy atom. The second kappa shape index (κ2) is 11.1. The number of halogens is 3. The van der Waals surface area contributed by atoms with Gasteiger partial charge in [0.25, 0.3) is 5.91 Å². The highest BCUT2D eigenvalue weighted by atomic mass is 19.4. The van der Waals surface area contributed by atoms with E-state index in [4.69, 9.17) is 10.5 Å². The van der Waals surface area contributed by atoms with E-state index in [0.29, 0.717) is 37.9 Å². The molecule has 2 aromatic carbocycles. The summed E-state index contributed by atoms with van der Waals surface area (Å²) < 4.78 is 39.7. The fraction of sp³-hybridized carbons (Fsp3) is 0.286. The van der Waals surface area contributed by atoms with Crippen molar-refractivity contribution < 1.29 is 23.1 Å². The molecule has 1 saturated heterocycles. The lowest BCUT2D eigenvalue weighted by Gasteiger charge is -2.38. The molecular formula is C28H25F3N6O2. The van der Waals surface area contributed by atoms with Crippen molar-refractivity contribution in [3.05, 3.63) is 77.6 Å². The maximum absolute atomic E-state index is 13.2. The average molecular weight is 535 g/mol. The molecule has 200 valence electrons. The molecule has 1 aliphatic rings. The second-order valence-electron chi connectivity index (χ2n) is 9.45. The number of hydrogen-bond acceptors (Lipinski definition) is 7. The third-order valence-corrected chi connectivity index (χ3v) is 6.54. The molecule has 1 aliphatic heterocycles. The number of aromatic nitrogens is 1. The van der Waals surface area contributed by atoms with Gasteiger partial charge in [-0.2, -0.15) is 23.7 Å². The molecule has 0 spiro atoms. The molecule has 2 heterocycles. The van der Waals surface area contributed by atoms with Crippen molar-refractivity contribution in [2.24, 2.45) is 0 Å². The van der Waals surface area contributed by atoms with Gasteiger partial charge in [0, 0.05) is 50.3 Å². The van der Waals surface area contributed by atoms with E-state index in [0.717, 1.165) is 22.9 Å². The fourth-order valence-corrected chi connectivity index (χ4v) is 4.43. The summed E-state index contributed by atoms with van der Waals surface area (Å²) in [6.07, 6.45) is -3.16. The molecule has 1 aromatic heterocycles. The Balaban J connectivity index is 1.34. The Labute approximate surface area is 223 Å². The summed E-state index contributed by atoms with van der Waals surface area (Å²) in [5, 5.41) is 31.2. The van der Waals surface area contributed by atoms with Crippen molar-refractivity contribution in [3.8, 4) is 23.3 Å². The van der Waals surface area contributed by atoms with Gasteiger partial charge in [0.05, 0.1) is 17.2 Å². The van der Waals surface area contributed by atoms with Crippen LogP contribution in [0.5, 0.6) is 0 Å². The normalized spacial score (nSPS) is 15.6. The van der Waals surface area contributed by atoms with E-state index in [1.807, 2.05) is 41.3 Å². The number of nitrogens with one attached hydrogen (secondary N) is 1. The minimum absolute atomic E-state index is 0.00269. The summed E-state index contributed by atoms with van der Waals surface area (Å²) in [5.41, 5.74) is -0.501. The third kappa shape index (κ3) is 6.52. The Morgan fingerprint density at radius 1 is 1.00 bits per heavy atom. The molecule has 11 heteroatoms. The summed E-state index contributed by atoms with van der Waals surface area (Å²) >= 11 is 0. The largest absolute Gasteiger partial charge is 0.417 e. The maximum atomic E-state index is 13.2. The quantitative estimate of drug-likeness (QED) is 0.491. The maximum Gasteiger partial charge on any atom is 0.417 e. The molecule has 0 radical (unpaired) electrons. The predicted molar refractivity (Wildman–Crippen MR) is 138 cm³/mol. The van der Waals surface area contributed by atoms with E-state index >= 15 is 0 Å². The monoisotopic (exact) mass is 534 g/mol. The van der Waals surface area contributed by atoms with Gasteiger partial charge in [-0.1, -0.05) is 12.1 Å². The molecular weight excluding hydrogens is 509 g/mol. The molecule has 1 unspecified atom stereocenters. The van der Waals surface area contributed by atoms with Gasteiger partial charge in [-0.15, -0.1) is 0 Å². The number of nitriles is 2. The molecule has 0 saturated carbocycles. The number of carbonyl (C=O) groups excluding carboxylic acids is 1. The van der Waals surface area contributed by atoms with E-state index in [2.05, 4.69) is 15.2 Å². The smallest absolute Gasteiger partial charge is 0.379 e. The molecule has 2 N–H and O–H groups in total. The molecule has 1 amide bonds. The van der Waals surface area contributed by atoms with Gasteiger partial charge in [-0.3, -0.25) is 9.69 Å². The Bertz CT molecular complexity index is 1430. The number of piperazine rings is 1. The SMILES string of the molecule is CC(O)(CN1CCN(c2ccc(-c3ccnc(C#N)c3)cc2)CC1)C(=O)Nc1ccc(C#N)c(C(F)(F)F)c1. The van der Waals surface area contributed by atoms with Gasteiger partial charge >= 0.3 is 6.18 Å². The molecule has 39 heavy (non-hydrogen) atoms.